The van der Waals surface area contributed by atoms with Gasteiger partial charge in [-0.25, -0.2) is 0 Å². The molecule has 0 bridgehead atoms. The third kappa shape index (κ3) is 4.22. The van der Waals surface area contributed by atoms with Crippen molar-refractivity contribution in [2.75, 3.05) is 26.3 Å². The summed E-state index contributed by atoms with van der Waals surface area (Å²) in [7, 11) is 0. The lowest BCUT2D eigenvalue weighted by molar-refractivity contribution is 0.141. The number of rotatable bonds is 6. The van der Waals surface area contributed by atoms with Crippen molar-refractivity contribution < 1.29 is 9.84 Å². The predicted octanol–water partition coefficient (Wildman–Crippen LogP) is 2.68. The van der Waals surface area contributed by atoms with E-state index >= 15 is 0 Å². The average Bonchev–Trinajstić information content (AvgIpc) is 2.42. The molecule has 1 aliphatic rings. The van der Waals surface area contributed by atoms with Crippen LogP contribution in [0.4, 0.5) is 0 Å². The Morgan fingerprint density at radius 2 is 2.21 bits per heavy atom. The Morgan fingerprint density at radius 1 is 1.37 bits per heavy atom. The molecule has 1 atom stereocenters. The van der Waals surface area contributed by atoms with Crippen LogP contribution in [0.5, 0.6) is 5.75 Å². The Balaban J connectivity index is 1.96. The molecule has 0 radical (unpaired) electrons. The molecule has 19 heavy (non-hydrogen) atoms. The topological polar surface area (TPSA) is 32.7 Å². The van der Waals surface area contributed by atoms with Crippen LogP contribution in [0.2, 0.25) is 0 Å². The van der Waals surface area contributed by atoms with E-state index in [-0.39, 0.29) is 0 Å². The fraction of sp³-hybridized carbons (Fsp3) is 0.625. The van der Waals surface area contributed by atoms with Crippen LogP contribution in [-0.4, -0.2) is 36.3 Å². The van der Waals surface area contributed by atoms with Crippen LogP contribution in [0.3, 0.4) is 0 Å². The van der Waals surface area contributed by atoms with Crippen molar-refractivity contribution in [1.82, 2.24) is 4.90 Å². The molecule has 1 fully saturated rings. The quantitative estimate of drug-likeness (QED) is 0.856. The Morgan fingerprint density at radius 3 is 3.00 bits per heavy atom. The van der Waals surface area contributed by atoms with E-state index in [0.29, 0.717) is 19.1 Å². The summed E-state index contributed by atoms with van der Waals surface area (Å²) in [6, 6.07) is 8.31. The molecule has 1 unspecified atom stereocenters. The molecule has 1 saturated heterocycles. The molecule has 3 nitrogen and oxygen atoms in total. The summed E-state index contributed by atoms with van der Waals surface area (Å²) in [4.78, 5) is 2.49. The van der Waals surface area contributed by atoms with Crippen molar-refractivity contribution in [2.24, 2.45) is 5.92 Å². The Labute approximate surface area is 116 Å². The van der Waals surface area contributed by atoms with E-state index in [1.165, 1.54) is 18.4 Å². The van der Waals surface area contributed by atoms with Crippen LogP contribution in [-0.2, 0) is 6.54 Å². The Kier molecular flexibility index (Phi) is 5.67. The number of aliphatic hydroxyl groups excluding tert-OH is 1. The molecule has 2 rings (SSSR count). The van der Waals surface area contributed by atoms with Crippen LogP contribution < -0.4 is 4.74 Å². The number of piperidine rings is 1. The van der Waals surface area contributed by atoms with Crippen molar-refractivity contribution in [3.05, 3.63) is 29.8 Å². The van der Waals surface area contributed by atoms with Gasteiger partial charge in [-0.2, -0.15) is 0 Å². The number of nitrogens with zero attached hydrogens (tertiary/aromatic N) is 1. The summed E-state index contributed by atoms with van der Waals surface area (Å²) in [6.07, 6.45) is 3.43. The highest BCUT2D eigenvalue weighted by Crippen LogP contribution is 2.24. The van der Waals surface area contributed by atoms with Gasteiger partial charge in [-0.3, -0.25) is 4.90 Å². The predicted molar refractivity (Wildman–Crippen MR) is 77.3 cm³/mol. The monoisotopic (exact) mass is 263 g/mol. The Hall–Kier alpha value is -1.06. The molecule has 0 spiro atoms. The number of para-hydroxylation sites is 1. The van der Waals surface area contributed by atoms with Crippen LogP contribution in [0.15, 0.2) is 24.3 Å². The summed E-state index contributed by atoms with van der Waals surface area (Å²) in [5.41, 5.74) is 1.27. The van der Waals surface area contributed by atoms with Crippen molar-refractivity contribution in [3.8, 4) is 5.75 Å². The van der Waals surface area contributed by atoms with Gasteiger partial charge >= 0.3 is 0 Å². The molecule has 0 aliphatic carbocycles. The van der Waals surface area contributed by atoms with E-state index < -0.39 is 0 Å². The number of hydrogen-bond donors (Lipinski definition) is 1. The fourth-order valence-corrected chi connectivity index (χ4v) is 2.88. The zero-order chi connectivity index (χ0) is 13.5. The van der Waals surface area contributed by atoms with E-state index in [1.807, 2.05) is 19.1 Å². The molecule has 3 heteroatoms. The van der Waals surface area contributed by atoms with Crippen molar-refractivity contribution in [2.45, 2.75) is 32.7 Å². The first-order chi connectivity index (χ1) is 9.33. The van der Waals surface area contributed by atoms with Gasteiger partial charge in [0.15, 0.2) is 0 Å². The molecule has 1 aromatic rings. The van der Waals surface area contributed by atoms with Gasteiger partial charge in [0.25, 0.3) is 0 Å². The standard InChI is InChI=1S/C16H25NO2/c1-2-19-16-8-4-3-7-15(16)13-17-10-5-6-14(12-17)9-11-18/h3-4,7-8,14,18H,2,5-6,9-13H2,1H3. The normalized spacial score (nSPS) is 20.4. The highest BCUT2D eigenvalue weighted by atomic mass is 16.5. The van der Waals surface area contributed by atoms with Crippen LogP contribution in [0, 0.1) is 5.92 Å². The maximum Gasteiger partial charge on any atom is 0.123 e. The third-order valence-electron chi connectivity index (χ3n) is 3.81. The number of benzene rings is 1. The van der Waals surface area contributed by atoms with E-state index in [0.717, 1.165) is 31.8 Å². The number of likely N-dealkylation sites (tertiary alicyclic amines) is 1. The molecular formula is C16H25NO2. The first kappa shape index (κ1) is 14.4. The Bertz CT molecular complexity index is 379. The second-order valence-corrected chi connectivity index (χ2v) is 5.30. The molecule has 106 valence electrons. The lowest BCUT2D eigenvalue weighted by Crippen LogP contribution is -2.35. The maximum absolute atomic E-state index is 9.07. The highest BCUT2D eigenvalue weighted by Gasteiger charge is 2.20. The average molecular weight is 263 g/mol. The van der Waals surface area contributed by atoms with Gasteiger partial charge < -0.3 is 9.84 Å². The van der Waals surface area contributed by atoms with Gasteiger partial charge in [-0.1, -0.05) is 18.2 Å². The van der Waals surface area contributed by atoms with E-state index in [2.05, 4.69) is 17.0 Å². The van der Waals surface area contributed by atoms with E-state index in [4.69, 9.17) is 9.84 Å². The van der Waals surface area contributed by atoms with Gasteiger partial charge in [0.05, 0.1) is 6.61 Å². The third-order valence-corrected chi connectivity index (χ3v) is 3.81. The van der Waals surface area contributed by atoms with Crippen molar-refractivity contribution >= 4 is 0 Å². The summed E-state index contributed by atoms with van der Waals surface area (Å²) >= 11 is 0. The minimum Gasteiger partial charge on any atom is -0.494 e. The maximum atomic E-state index is 9.07. The lowest BCUT2D eigenvalue weighted by atomic mass is 9.95. The minimum atomic E-state index is 0.314. The lowest BCUT2D eigenvalue weighted by Gasteiger charge is -2.32. The second kappa shape index (κ2) is 7.51. The fourth-order valence-electron chi connectivity index (χ4n) is 2.88. The van der Waals surface area contributed by atoms with E-state index in [9.17, 15) is 0 Å². The van der Waals surface area contributed by atoms with E-state index in [1.54, 1.807) is 0 Å². The molecule has 0 aromatic heterocycles. The van der Waals surface area contributed by atoms with Crippen LogP contribution >= 0.6 is 0 Å². The van der Waals surface area contributed by atoms with Gasteiger partial charge in [0.1, 0.15) is 5.75 Å². The smallest absolute Gasteiger partial charge is 0.123 e. The number of ether oxygens (including phenoxy) is 1. The van der Waals surface area contributed by atoms with Gasteiger partial charge in [0.2, 0.25) is 0 Å². The molecule has 1 N–H and O–H groups in total. The minimum absolute atomic E-state index is 0.314. The second-order valence-electron chi connectivity index (χ2n) is 5.30. The zero-order valence-corrected chi connectivity index (χ0v) is 11.8. The summed E-state index contributed by atoms with van der Waals surface area (Å²) in [5, 5.41) is 9.07. The molecule has 1 aliphatic heterocycles. The SMILES string of the molecule is CCOc1ccccc1CN1CCCC(CCO)C1. The first-order valence-corrected chi connectivity index (χ1v) is 7.37. The molecule has 1 heterocycles. The van der Waals surface area contributed by atoms with Crippen molar-refractivity contribution in [3.63, 3.8) is 0 Å². The summed E-state index contributed by atoms with van der Waals surface area (Å²) in [6.45, 7) is 6.26. The highest BCUT2D eigenvalue weighted by molar-refractivity contribution is 5.33. The molecule has 0 amide bonds. The number of aliphatic hydroxyl groups is 1. The van der Waals surface area contributed by atoms with Gasteiger partial charge in [0, 0.05) is 25.3 Å². The molecular weight excluding hydrogens is 238 g/mol. The first-order valence-electron chi connectivity index (χ1n) is 7.37. The largest absolute Gasteiger partial charge is 0.494 e. The number of hydrogen-bond acceptors (Lipinski definition) is 3. The van der Waals surface area contributed by atoms with Crippen LogP contribution in [0.25, 0.3) is 0 Å². The zero-order valence-electron chi connectivity index (χ0n) is 11.8. The van der Waals surface area contributed by atoms with Gasteiger partial charge in [-0.05, 0) is 44.7 Å². The summed E-state index contributed by atoms with van der Waals surface area (Å²) in [5.74, 6) is 1.66. The molecule has 0 saturated carbocycles. The van der Waals surface area contributed by atoms with Crippen LogP contribution in [0.1, 0.15) is 31.7 Å². The van der Waals surface area contributed by atoms with Gasteiger partial charge in [-0.15, -0.1) is 0 Å². The van der Waals surface area contributed by atoms with Crippen molar-refractivity contribution in [1.29, 1.82) is 0 Å². The molecule has 1 aromatic carbocycles. The summed E-state index contributed by atoms with van der Waals surface area (Å²) < 4.78 is 5.69.